The van der Waals surface area contributed by atoms with E-state index in [4.69, 9.17) is 22.0 Å². The normalized spacial score (nSPS) is 18.4. The summed E-state index contributed by atoms with van der Waals surface area (Å²) in [5, 5.41) is 22.5. The Kier molecular flexibility index (Phi) is 4.67. The standard InChI is InChI=1S/C13H18ClN3OS/c1-9(3-6-18)13(4-2-5-13)8-16-12-10(7-15)11(14)17-19-12/h9,16,18H,2-6,8H2,1H3. The minimum Gasteiger partial charge on any atom is -0.396 e. The second-order valence-corrected chi connectivity index (χ2v) is 6.40. The van der Waals surface area contributed by atoms with Crippen molar-refractivity contribution < 1.29 is 5.11 Å². The van der Waals surface area contributed by atoms with Gasteiger partial charge in [-0.1, -0.05) is 24.9 Å². The molecular formula is C13H18ClN3OS. The average Bonchev–Trinajstić information content (AvgIpc) is 2.69. The number of rotatable bonds is 6. The number of aliphatic hydroxyl groups excluding tert-OH is 1. The van der Waals surface area contributed by atoms with E-state index in [1.165, 1.54) is 30.8 Å². The highest BCUT2D eigenvalue weighted by Crippen LogP contribution is 2.48. The maximum absolute atomic E-state index is 9.10. The minimum absolute atomic E-state index is 0.235. The summed E-state index contributed by atoms with van der Waals surface area (Å²) in [5.41, 5.74) is 0.683. The molecule has 104 valence electrons. The molecule has 1 aromatic rings. The predicted molar refractivity (Wildman–Crippen MR) is 77.5 cm³/mol. The van der Waals surface area contributed by atoms with Gasteiger partial charge in [-0.2, -0.15) is 9.64 Å². The van der Waals surface area contributed by atoms with Gasteiger partial charge in [-0.15, -0.1) is 0 Å². The SMILES string of the molecule is CC(CCO)C1(CNc2snc(Cl)c2C#N)CCC1. The number of aromatic nitrogens is 1. The van der Waals surface area contributed by atoms with Crippen LogP contribution in [0, 0.1) is 22.7 Å². The summed E-state index contributed by atoms with van der Waals surface area (Å²) in [4.78, 5) is 0. The summed E-state index contributed by atoms with van der Waals surface area (Å²) in [6, 6.07) is 2.08. The first-order chi connectivity index (χ1) is 9.13. The number of hydrogen-bond acceptors (Lipinski definition) is 5. The molecule has 1 unspecified atom stereocenters. The van der Waals surface area contributed by atoms with Crippen molar-refractivity contribution in [2.75, 3.05) is 18.5 Å². The van der Waals surface area contributed by atoms with Crippen LogP contribution in [-0.2, 0) is 0 Å². The molecule has 0 amide bonds. The summed E-state index contributed by atoms with van der Waals surface area (Å²) < 4.78 is 4.00. The van der Waals surface area contributed by atoms with Gasteiger partial charge in [0.15, 0.2) is 5.15 Å². The van der Waals surface area contributed by atoms with E-state index >= 15 is 0 Å². The zero-order valence-corrected chi connectivity index (χ0v) is 12.5. The van der Waals surface area contributed by atoms with Crippen molar-refractivity contribution in [1.82, 2.24) is 4.37 Å². The van der Waals surface area contributed by atoms with Crippen molar-refractivity contribution >= 4 is 28.1 Å². The van der Waals surface area contributed by atoms with Gasteiger partial charge in [0, 0.05) is 13.2 Å². The molecule has 1 aliphatic carbocycles. The van der Waals surface area contributed by atoms with Crippen LogP contribution >= 0.6 is 23.1 Å². The number of nitriles is 1. The third kappa shape index (κ3) is 2.86. The van der Waals surface area contributed by atoms with E-state index in [9.17, 15) is 0 Å². The van der Waals surface area contributed by atoms with E-state index in [2.05, 4.69) is 22.7 Å². The van der Waals surface area contributed by atoms with Crippen molar-refractivity contribution in [2.24, 2.45) is 11.3 Å². The Morgan fingerprint density at radius 1 is 1.63 bits per heavy atom. The van der Waals surface area contributed by atoms with Gasteiger partial charge in [0.1, 0.15) is 16.6 Å². The van der Waals surface area contributed by atoms with Gasteiger partial charge in [0.2, 0.25) is 0 Å². The van der Waals surface area contributed by atoms with Crippen molar-refractivity contribution in [1.29, 1.82) is 5.26 Å². The topological polar surface area (TPSA) is 68.9 Å². The molecule has 0 bridgehead atoms. The van der Waals surface area contributed by atoms with Crippen LogP contribution in [0.4, 0.5) is 5.00 Å². The van der Waals surface area contributed by atoms with Crippen molar-refractivity contribution in [3.8, 4) is 6.07 Å². The summed E-state index contributed by atoms with van der Waals surface area (Å²) in [6.07, 6.45) is 4.42. The number of anilines is 1. The molecule has 19 heavy (non-hydrogen) atoms. The second kappa shape index (κ2) is 6.08. The Morgan fingerprint density at radius 3 is 2.89 bits per heavy atom. The van der Waals surface area contributed by atoms with Crippen LogP contribution in [0.25, 0.3) is 0 Å². The Morgan fingerprint density at radius 2 is 2.37 bits per heavy atom. The smallest absolute Gasteiger partial charge is 0.162 e. The molecule has 4 nitrogen and oxygen atoms in total. The molecule has 0 saturated heterocycles. The second-order valence-electron chi connectivity index (χ2n) is 5.27. The Hall–Kier alpha value is -0.830. The fraction of sp³-hybridized carbons (Fsp3) is 0.692. The quantitative estimate of drug-likeness (QED) is 0.846. The lowest BCUT2D eigenvalue weighted by atomic mass is 9.60. The maximum atomic E-state index is 9.10. The molecule has 1 atom stereocenters. The molecule has 2 rings (SSSR count). The van der Waals surface area contributed by atoms with E-state index in [1.807, 2.05) is 0 Å². The predicted octanol–water partition coefficient (Wildman–Crippen LogP) is 3.27. The van der Waals surface area contributed by atoms with Gasteiger partial charge in [-0.3, -0.25) is 0 Å². The molecule has 1 heterocycles. The highest BCUT2D eigenvalue weighted by Gasteiger charge is 2.41. The summed E-state index contributed by atoms with van der Waals surface area (Å²) in [6.45, 7) is 3.25. The van der Waals surface area contributed by atoms with Crippen LogP contribution < -0.4 is 5.32 Å². The van der Waals surface area contributed by atoms with Gasteiger partial charge >= 0.3 is 0 Å². The fourth-order valence-corrected chi connectivity index (χ4v) is 3.65. The Bertz CT molecular complexity index is 479. The number of nitrogens with zero attached hydrogens (tertiary/aromatic N) is 2. The first kappa shape index (κ1) is 14.6. The molecule has 6 heteroatoms. The van der Waals surface area contributed by atoms with E-state index in [0.717, 1.165) is 18.0 Å². The van der Waals surface area contributed by atoms with Gasteiger partial charge in [-0.25, -0.2) is 0 Å². The largest absolute Gasteiger partial charge is 0.396 e. The number of nitrogens with one attached hydrogen (secondary N) is 1. The minimum atomic E-state index is 0.235. The Labute approximate surface area is 122 Å². The van der Waals surface area contributed by atoms with Crippen LogP contribution in [0.3, 0.4) is 0 Å². The average molecular weight is 300 g/mol. The number of halogens is 1. The van der Waals surface area contributed by atoms with Crippen molar-refractivity contribution in [2.45, 2.75) is 32.6 Å². The lowest BCUT2D eigenvalue weighted by Gasteiger charge is -2.47. The summed E-state index contributed by atoms with van der Waals surface area (Å²) in [5.74, 6) is 0.479. The fourth-order valence-electron chi connectivity index (χ4n) is 2.72. The summed E-state index contributed by atoms with van der Waals surface area (Å²) in [7, 11) is 0. The first-order valence-corrected chi connectivity index (χ1v) is 7.68. The molecule has 1 aliphatic rings. The van der Waals surface area contributed by atoms with Crippen LogP contribution in [0.1, 0.15) is 38.2 Å². The van der Waals surface area contributed by atoms with Crippen LogP contribution in [0.15, 0.2) is 0 Å². The first-order valence-electron chi connectivity index (χ1n) is 6.53. The maximum Gasteiger partial charge on any atom is 0.162 e. The lowest BCUT2D eigenvalue weighted by molar-refractivity contribution is 0.0574. The molecule has 0 aliphatic heterocycles. The zero-order valence-electron chi connectivity index (χ0n) is 10.9. The molecule has 2 N–H and O–H groups in total. The van der Waals surface area contributed by atoms with Crippen LogP contribution in [0.2, 0.25) is 5.15 Å². The van der Waals surface area contributed by atoms with Crippen LogP contribution in [-0.4, -0.2) is 22.6 Å². The number of aliphatic hydroxyl groups is 1. The highest BCUT2D eigenvalue weighted by atomic mass is 35.5. The van der Waals surface area contributed by atoms with Gasteiger partial charge in [-0.05, 0) is 42.1 Å². The lowest BCUT2D eigenvalue weighted by Crippen LogP contribution is -2.42. The summed E-state index contributed by atoms with van der Waals surface area (Å²) >= 11 is 7.10. The van der Waals surface area contributed by atoms with Gasteiger partial charge < -0.3 is 10.4 Å². The Balaban J connectivity index is 2.02. The van der Waals surface area contributed by atoms with Crippen LogP contribution in [0.5, 0.6) is 0 Å². The van der Waals surface area contributed by atoms with E-state index in [1.54, 1.807) is 0 Å². The van der Waals surface area contributed by atoms with E-state index in [0.29, 0.717) is 11.5 Å². The monoisotopic (exact) mass is 299 g/mol. The third-order valence-corrected chi connectivity index (χ3v) is 5.50. The van der Waals surface area contributed by atoms with E-state index < -0.39 is 0 Å². The molecule has 1 aromatic heterocycles. The zero-order chi connectivity index (χ0) is 13.9. The highest BCUT2D eigenvalue weighted by molar-refractivity contribution is 7.10. The van der Waals surface area contributed by atoms with Crippen molar-refractivity contribution in [3.05, 3.63) is 10.7 Å². The van der Waals surface area contributed by atoms with Gasteiger partial charge in [0.05, 0.1) is 0 Å². The van der Waals surface area contributed by atoms with Crippen molar-refractivity contribution in [3.63, 3.8) is 0 Å². The molecule has 0 aromatic carbocycles. The third-order valence-electron chi connectivity index (χ3n) is 4.32. The molecular weight excluding hydrogens is 282 g/mol. The molecule has 0 radical (unpaired) electrons. The molecule has 1 saturated carbocycles. The van der Waals surface area contributed by atoms with Gasteiger partial charge in [0.25, 0.3) is 0 Å². The molecule has 0 spiro atoms. The molecule has 1 fully saturated rings. The number of hydrogen-bond donors (Lipinski definition) is 2. The van der Waals surface area contributed by atoms with E-state index in [-0.39, 0.29) is 17.2 Å².